The van der Waals surface area contributed by atoms with Crippen molar-refractivity contribution >= 4 is 5.97 Å². The normalized spacial score (nSPS) is 55.1. The third-order valence-electron chi connectivity index (χ3n) is 15.5. The molecular weight excluding hydrogens is 608 g/mol. The predicted molar refractivity (Wildman–Crippen MR) is 170 cm³/mol. The smallest absolute Gasteiger partial charge is 0.312 e. The first kappa shape index (κ1) is 35.7. The van der Waals surface area contributed by atoms with Crippen molar-refractivity contribution in [2.45, 2.75) is 154 Å². The van der Waals surface area contributed by atoms with Crippen molar-refractivity contribution in [3.05, 3.63) is 11.6 Å². The highest BCUT2D eigenvalue weighted by molar-refractivity contribution is 5.77. The van der Waals surface area contributed by atoms with Gasteiger partial charge in [0.1, 0.15) is 29.8 Å². The van der Waals surface area contributed by atoms with Gasteiger partial charge in [-0.05, 0) is 73.0 Å². The van der Waals surface area contributed by atoms with Gasteiger partial charge in [0.15, 0.2) is 6.29 Å². The molecule has 1 heterocycles. The van der Waals surface area contributed by atoms with Gasteiger partial charge in [-0.1, -0.05) is 60.1 Å². The van der Waals surface area contributed by atoms with Gasteiger partial charge in [-0.25, -0.2) is 0 Å². The lowest BCUT2D eigenvalue weighted by atomic mass is 9.31. The Kier molecular flexibility index (Phi) is 8.29. The summed E-state index contributed by atoms with van der Waals surface area (Å²) in [4.78, 5) is 13.1. The average molecular weight is 667 g/mol. The third-order valence-corrected chi connectivity index (χ3v) is 15.5. The molecular formula is C36H58O11. The summed E-state index contributed by atoms with van der Waals surface area (Å²) in [5.41, 5.74) is -4.97. The van der Waals surface area contributed by atoms with Crippen LogP contribution in [0.15, 0.2) is 11.6 Å². The van der Waals surface area contributed by atoms with Gasteiger partial charge in [0.2, 0.25) is 0 Å². The van der Waals surface area contributed by atoms with Crippen LogP contribution >= 0.6 is 0 Å². The number of aliphatic hydroxyl groups excluding tert-OH is 6. The van der Waals surface area contributed by atoms with Crippen molar-refractivity contribution in [2.24, 2.45) is 44.3 Å². The van der Waals surface area contributed by atoms with Crippen molar-refractivity contribution in [1.29, 1.82) is 0 Å². The molecule has 268 valence electrons. The number of carbonyl (C=O) groups is 1. The van der Waals surface area contributed by atoms with E-state index in [0.29, 0.717) is 38.5 Å². The van der Waals surface area contributed by atoms with Gasteiger partial charge in [-0.2, -0.15) is 0 Å². The van der Waals surface area contributed by atoms with E-state index >= 15 is 0 Å². The van der Waals surface area contributed by atoms with Gasteiger partial charge in [-0.3, -0.25) is 4.79 Å². The number of carboxylic acid groups (broad SMARTS) is 1. The molecule has 5 aliphatic carbocycles. The molecule has 6 aliphatic rings. The molecule has 6 rings (SSSR count). The first-order valence-corrected chi connectivity index (χ1v) is 17.6. The molecule has 0 bridgehead atoms. The lowest BCUT2D eigenvalue weighted by Crippen LogP contribution is -2.77. The highest BCUT2D eigenvalue weighted by atomic mass is 16.7. The first-order valence-electron chi connectivity index (χ1n) is 17.6. The molecule has 0 aromatic carbocycles. The fourth-order valence-electron chi connectivity index (χ4n) is 12.2. The number of allylic oxidation sites excluding steroid dienone is 1. The molecule has 4 saturated carbocycles. The van der Waals surface area contributed by atoms with Gasteiger partial charge >= 0.3 is 5.97 Å². The lowest BCUT2D eigenvalue weighted by Gasteiger charge is -2.75. The molecule has 0 aromatic rings. The zero-order valence-corrected chi connectivity index (χ0v) is 29.0. The number of aliphatic carboxylic acids is 1. The van der Waals surface area contributed by atoms with E-state index in [0.717, 1.165) is 5.57 Å². The Bertz CT molecular complexity index is 1300. The fourth-order valence-corrected chi connectivity index (χ4v) is 12.2. The number of hydrogen-bond acceptors (Lipinski definition) is 10. The van der Waals surface area contributed by atoms with E-state index in [1.165, 1.54) is 0 Å². The summed E-state index contributed by atoms with van der Waals surface area (Å²) in [6.45, 7) is 13.8. The van der Waals surface area contributed by atoms with Crippen LogP contribution in [0.1, 0.15) is 99.8 Å². The molecule has 11 nitrogen and oxygen atoms in total. The van der Waals surface area contributed by atoms with E-state index in [2.05, 4.69) is 27.7 Å². The zero-order chi connectivity index (χ0) is 34.9. The molecule has 11 heteroatoms. The van der Waals surface area contributed by atoms with Crippen molar-refractivity contribution in [3.8, 4) is 0 Å². The van der Waals surface area contributed by atoms with Crippen LogP contribution in [0.2, 0.25) is 0 Å². The summed E-state index contributed by atoms with van der Waals surface area (Å²) >= 11 is 0. The summed E-state index contributed by atoms with van der Waals surface area (Å²) in [6, 6.07) is 0. The first-order chi connectivity index (χ1) is 21.6. The highest BCUT2D eigenvalue weighted by Crippen LogP contribution is 2.77. The van der Waals surface area contributed by atoms with Crippen molar-refractivity contribution in [3.63, 3.8) is 0 Å². The Hall–Kier alpha value is -1.15. The Balaban J connectivity index is 1.47. The lowest BCUT2D eigenvalue weighted by molar-refractivity contribution is -0.367. The molecule has 15 atom stereocenters. The number of fused-ring (bicyclic) bond motifs is 7. The molecule has 5 fully saturated rings. The third kappa shape index (κ3) is 4.40. The van der Waals surface area contributed by atoms with Crippen molar-refractivity contribution in [2.75, 3.05) is 6.61 Å². The van der Waals surface area contributed by atoms with Crippen LogP contribution in [-0.4, -0.2) is 108 Å². The van der Waals surface area contributed by atoms with Gasteiger partial charge in [0, 0.05) is 17.3 Å². The monoisotopic (exact) mass is 666 g/mol. The Morgan fingerprint density at radius 1 is 0.915 bits per heavy atom. The maximum absolute atomic E-state index is 13.5. The molecule has 8 N–H and O–H groups in total. The second kappa shape index (κ2) is 10.9. The molecule has 0 aromatic heterocycles. The predicted octanol–water partition coefficient (Wildman–Crippen LogP) is 2.11. The van der Waals surface area contributed by atoms with E-state index in [1.54, 1.807) is 0 Å². The Labute approximate surface area is 278 Å². The van der Waals surface area contributed by atoms with Crippen LogP contribution in [0, 0.1) is 44.3 Å². The SMILES string of the molecule is CC1(C)C[C@@H]2C3=CC[C@@]4(O)[C@@](C)(CCC5C(C)(C)[C@@H](O)C[C@H](OC6O[C@H](CO)[C@@H](O)[C@@H](O)[C@H]6O)[C@@]54C)[C@]3(C)CC[C@@]2(C(=O)O)[C@@H](O)C1. The largest absolute Gasteiger partial charge is 0.481 e. The maximum atomic E-state index is 13.5. The Morgan fingerprint density at radius 3 is 2.19 bits per heavy atom. The topological polar surface area (TPSA) is 197 Å². The van der Waals surface area contributed by atoms with E-state index < -0.39 is 100 Å². The van der Waals surface area contributed by atoms with Crippen LogP contribution < -0.4 is 0 Å². The highest BCUT2D eigenvalue weighted by Gasteiger charge is 2.77. The van der Waals surface area contributed by atoms with Gasteiger partial charge in [-0.15, -0.1) is 0 Å². The molecule has 1 saturated heterocycles. The second-order valence-electron chi connectivity index (χ2n) is 18.1. The minimum Gasteiger partial charge on any atom is -0.481 e. The maximum Gasteiger partial charge on any atom is 0.312 e. The number of aliphatic hydroxyl groups is 7. The minimum atomic E-state index is -1.63. The van der Waals surface area contributed by atoms with Crippen LogP contribution in [0.5, 0.6) is 0 Å². The number of hydrogen-bond donors (Lipinski definition) is 8. The average Bonchev–Trinajstić information content (AvgIpc) is 2.97. The van der Waals surface area contributed by atoms with E-state index in [1.807, 2.05) is 26.8 Å². The molecule has 0 spiro atoms. The summed E-state index contributed by atoms with van der Waals surface area (Å²) < 4.78 is 12.3. The minimum absolute atomic E-state index is 0.117. The number of carboxylic acids is 1. The van der Waals surface area contributed by atoms with Crippen LogP contribution in [-0.2, 0) is 14.3 Å². The van der Waals surface area contributed by atoms with Crippen LogP contribution in [0.25, 0.3) is 0 Å². The Morgan fingerprint density at radius 2 is 1.57 bits per heavy atom. The van der Waals surface area contributed by atoms with Crippen molar-refractivity contribution in [1.82, 2.24) is 0 Å². The summed E-state index contributed by atoms with van der Waals surface area (Å²) in [5.74, 6) is -1.59. The zero-order valence-electron chi connectivity index (χ0n) is 29.0. The van der Waals surface area contributed by atoms with E-state index in [4.69, 9.17) is 9.47 Å². The second-order valence-corrected chi connectivity index (χ2v) is 18.1. The van der Waals surface area contributed by atoms with Crippen molar-refractivity contribution < 1.29 is 55.1 Å². The fraction of sp³-hybridized carbons (Fsp3) is 0.917. The van der Waals surface area contributed by atoms with E-state index in [-0.39, 0.29) is 24.2 Å². The van der Waals surface area contributed by atoms with Gasteiger partial charge < -0.3 is 50.3 Å². The summed E-state index contributed by atoms with van der Waals surface area (Å²) in [6.07, 6.45) is -4.62. The van der Waals surface area contributed by atoms with Gasteiger partial charge in [0.25, 0.3) is 0 Å². The molecule has 47 heavy (non-hydrogen) atoms. The molecule has 1 aliphatic heterocycles. The molecule has 2 unspecified atom stereocenters. The number of ether oxygens (including phenoxy) is 2. The summed E-state index contributed by atoms with van der Waals surface area (Å²) in [5, 5.41) is 88.9. The van der Waals surface area contributed by atoms with E-state index in [9.17, 15) is 45.6 Å². The van der Waals surface area contributed by atoms with Gasteiger partial charge in [0.05, 0.1) is 30.5 Å². The molecule has 0 radical (unpaired) electrons. The standard InChI is InChI=1S/C36H58O11/c1-30(2)15-19-18-8-11-36(45)33(6,32(18,5)12-13-35(19,29(43)44)23(39)16-30)10-9-21-31(3,4)22(38)14-24(34(21,36)7)47-28-27(42)26(41)25(40)20(17-37)46-28/h8,19-28,37-42,45H,9-17H2,1-7H3,(H,43,44)/t19-,20-,21?,22+,23+,24+,25-,26-,27-,28?,32-,33+,34-,35+,36-/m1/s1. The van der Waals surface area contributed by atoms with Crippen LogP contribution in [0.3, 0.4) is 0 Å². The molecule has 0 amide bonds. The number of rotatable bonds is 4. The van der Waals surface area contributed by atoms with Crippen LogP contribution in [0.4, 0.5) is 0 Å². The quantitative estimate of drug-likeness (QED) is 0.205. The summed E-state index contributed by atoms with van der Waals surface area (Å²) in [7, 11) is 0.